The lowest BCUT2D eigenvalue weighted by molar-refractivity contribution is -0.193. The molecule has 0 spiro atoms. The lowest BCUT2D eigenvalue weighted by atomic mass is 9.89. The smallest absolute Gasteiger partial charge is 0.158 e. The average molecular weight is 491 g/mol. The van der Waals surface area contributed by atoms with Crippen LogP contribution in [0.2, 0.25) is 0 Å². The van der Waals surface area contributed by atoms with Crippen LogP contribution in [0.3, 0.4) is 0 Å². The SMILES string of the molecule is CC#CCC(C)[C@@H](/C=C/[C@@H]1[C@H]2C/C(=C(\F)CO)C[C@H]2C[C@H]1OC1CCCCO1)OC1CCCCO1. The van der Waals surface area contributed by atoms with Crippen LogP contribution in [0.15, 0.2) is 23.6 Å². The maximum Gasteiger partial charge on any atom is 0.158 e. The number of rotatable bonds is 9. The van der Waals surface area contributed by atoms with E-state index in [1.54, 1.807) is 0 Å². The van der Waals surface area contributed by atoms with Crippen molar-refractivity contribution in [3.8, 4) is 11.8 Å². The Kier molecular flexibility index (Phi) is 10.2. The Hall–Kier alpha value is -1.23. The first-order chi connectivity index (χ1) is 17.1. The van der Waals surface area contributed by atoms with Gasteiger partial charge in [-0.2, -0.15) is 0 Å². The molecule has 5 nitrogen and oxygen atoms in total. The van der Waals surface area contributed by atoms with E-state index in [2.05, 4.69) is 30.9 Å². The Balaban J connectivity index is 1.51. The van der Waals surface area contributed by atoms with Gasteiger partial charge in [-0.05, 0) is 88.0 Å². The van der Waals surface area contributed by atoms with Crippen LogP contribution in [0, 0.1) is 35.5 Å². The van der Waals surface area contributed by atoms with Crippen LogP contribution in [-0.4, -0.2) is 49.7 Å². The summed E-state index contributed by atoms with van der Waals surface area (Å²) < 4.78 is 39.0. The quantitative estimate of drug-likeness (QED) is 0.333. The second kappa shape index (κ2) is 13.4. The minimum atomic E-state index is -0.502. The summed E-state index contributed by atoms with van der Waals surface area (Å²) in [5, 5.41) is 9.33. The van der Waals surface area contributed by atoms with Gasteiger partial charge in [0.25, 0.3) is 0 Å². The van der Waals surface area contributed by atoms with E-state index in [0.717, 1.165) is 70.2 Å². The standard InChI is InChI=1S/C29H43FO5/c1-3-4-9-20(2)26(34-28-10-5-7-14-32-28)13-12-23-24-17-22(25(30)19-31)16-21(24)18-27(23)35-29-11-6-8-15-33-29/h12-13,20-21,23-24,26-29,31H,5-11,14-19H2,1-2H3/b13-12+,25-22-/t20?,21-,23+,24-,26+,27+,28?,29?/m0/s1. The largest absolute Gasteiger partial charge is 0.389 e. The van der Waals surface area contributed by atoms with E-state index >= 15 is 0 Å². The highest BCUT2D eigenvalue weighted by Crippen LogP contribution is 2.52. The molecule has 2 aliphatic heterocycles. The van der Waals surface area contributed by atoms with Crippen LogP contribution in [0.25, 0.3) is 0 Å². The molecule has 6 heteroatoms. The van der Waals surface area contributed by atoms with E-state index in [1.165, 1.54) is 0 Å². The Labute approximate surface area is 210 Å². The molecule has 4 rings (SSSR count). The first kappa shape index (κ1) is 26.8. The zero-order valence-electron chi connectivity index (χ0n) is 21.4. The number of hydrogen-bond donors (Lipinski definition) is 1. The normalized spacial score (nSPS) is 36.5. The van der Waals surface area contributed by atoms with Gasteiger partial charge in [0.15, 0.2) is 12.6 Å². The molecular formula is C29H43FO5. The lowest BCUT2D eigenvalue weighted by Crippen LogP contribution is -2.32. The summed E-state index contributed by atoms with van der Waals surface area (Å²) >= 11 is 0. The summed E-state index contributed by atoms with van der Waals surface area (Å²) in [7, 11) is 0. The highest BCUT2D eigenvalue weighted by Gasteiger charge is 2.48. The maximum atomic E-state index is 14.3. The molecule has 35 heavy (non-hydrogen) atoms. The van der Waals surface area contributed by atoms with Crippen molar-refractivity contribution in [1.82, 2.24) is 0 Å². The Morgan fingerprint density at radius 1 is 1.14 bits per heavy atom. The van der Waals surface area contributed by atoms with Crippen molar-refractivity contribution in [2.75, 3.05) is 19.8 Å². The van der Waals surface area contributed by atoms with Crippen LogP contribution in [0.5, 0.6) is 0 Å². The molecule has 2 saturated heterocycles. The fraction of sp³-hybridized carbons (Fsp3) is 0.793. The van der Waals surface area contributed by atoms with E-state index in [9.17, 15) is 9.50 Å². The van der Waals surface area contributed by atoms with E-state index in [1.807, 2.05) is 6.92 Å². The van der Waals surface area contributed by atoms with Crippen LogP contribution >= 0.6 is 0 Å². The van der Waals surface area contributed by atoms with Gasteiger partial charge >= 0.3 is 0 Å². The zero-order chi connectivity index (χ0) is 24.6. The van der Waals surface area contributed by atoms with Crippen molar-refractivity contribution < 1.29 is 28.4 Å². The third kappa shape index (κ3) is 7.17. The van der Waals surface area contributed by atoms with Crippen molar-refractivity contribution in [3.05, 3.63) is 23.6 Å². The van der Waals surface area contributed by atoms with Crippen LogP contribution < -0.4 is 0 Å². The van der Waals surface area contributed by atoms with E-state index in [0.29, 0.717) is 24.7 Å². The molecule has 0 bridgehead atoms. The average Bonchev–Trinajstić information content (AvgIpc) is 3.44. The molecule has 0 radical (unpaired) electrons. The summed E-state index contributed by atoms with van der Waals surface area (Å²) in [6.07, 6.45) is 13.4. The highest BCUT2D eigenvalue weighted by atomic mass is 19.1. The fourth-order valence-electron chi connectivity index (χ4n) is 6.18. The Morgan fingerprint density at radius 2 is 1.89 bits per heavy atom. The van der Waals surface area contributed by atoms with Gasteiger partial charge in [-0.1, -0.05) is 19.1 Å². The van der Waals surface area contributed by atoms with Crippen LogP contribution in [0.1, 0.15) is 78.1 Å². The summed E-state index contributed by atoms with van der Waals surface area (Å²) in [5.41, 5.74) is 0.781. The van der Waals surface area contributed by atoms with Gasteiger partial charge in [0.2, 0.25) is 0 Å². The van der Waals surface area contributed by atoms with Gasteiger partial charge < -0.3 is 24.1 Å². The topological polar surface area (TPSA) is 57.2 Å². The van der Waals surface area contributed by atoms with Crippen molar-refractivity contribution in [2.24, 2.45) is 23.7 Å². The van der Waals surface area contributed by atoms with Gasteiger partial charge in [0.05, 0.1) is 18.8 Å². The number of hydrogen-bond acceptors (Lipinski definition) is 5. The van der Waals surface area contributed by atoms with Gasteiger partial charge in [0, 0.05) is 25.6 Å². The molecule has 4 fully saturated rings. The van der Waals surface area contributed by atoms with Crippen LogP contribution in [0.4, 0.5) is 4.39 Å². The van der Waals surface area contributed by atoms with Crippen molar-refractivity contribution in [2.45, 2.75) is 103 Å². The third-order valence-electron chi connectivity index (χ3n) is 8.17. The summed E-state index contributed by atoms with van der Waals surface area (Å²) in [4.78, 5) is 0. The number of fused-ring (bicyclic) bond motifs is 1. The molecule has 0 aromatic rings. The third-order valence-corrected chi connectivity index (χ3v) is 8.17. The molecule has 3 unspecified atom stereocenters. The monoisotopic (exact) mass is 490 g/mol. The summed E-state index contributed by atoms with van der Waals surface area (Å²) in [6.45, 7) is 5.05. The molecule has 196 valence electrons. The second-order valence-corrected chi connectivity index (χ2v) is 10.7. The Bertz CT molecular complexity index is 787. The number of aliphatic hydroxyl groups is 1. The Morgan fingerprint density at radius 3 is 2.54 bits per heavy atom. The van der Waals surface area contributed by atoms with Crippen LogP contribution in [-0.2, 0) is 18.9 Å². The predicted octanol–water partition coefficient (Wildman–Crippen LogP) is 5.68. The minimum absolute atomic E-state index is 0.0559. The minimum Gasteiger partial charge on any atom is -0.389 e. The molecule has 2 aliphatic carbocycles. The van der Waals surface area contributed by atoms with Gasteiger partial charge in [-0.3, -0.25) is 0 Å². The predicted molar refractivity (Wildman–Crippen MR) is 133 cm³/mol. The molecule has 4 aliphatic rings. The summed E-state index contributed by atoms with van der Waals surface area (Å²) in [5.74, 6) is 6.93. The van der Waals surface area contributed by atoms with E-state index in [4.69, 9.17) is 18.9 Å². The second-order valence-electron chi connectivity index (χ2n) is 10.7. The number of allylic oxidation sites excluding steroid dienone is 1. The molecule has 0 amide bonds. The van der Waals surface area contributed by atoms with Gasteiger partial charge in [0.1, 0.15) is 5.83 Å². The molecule has 8 atom stereocenters. The first-order valence-corrected chi connectivity index (χ1v) is 13.7. The first-order valence-electron chi connectivity index (χ1n) is 13.7. The molecule has 1 N–H and O–H groups in total. The molecule has 0 aromatic heterocycles. The number of aliphatic hydroxyl groups excluding tert-OH is 1. The van der Waals surface area contributed by atoms with Crippen molar-refractivity contribution >= 4 is 0 Å². The number of ether oxygens (including phenoxy) is 4. The van der Waals surface area contributed by atoms with Gasteiger partial charge in [-0.25, -0.2) is 4.39 Å². The number of halogens is 1. The molecule has 0 aromatic carbocycles. The molecular weight excluding hydrogens is 447 g/mol. The van der Waals surface area contributed by atoms with Gasteiger partial charge in [-0.15, -0.1) is 11.8 Å². The maximum absolute atomic E-state index is 14.3. The van der Waals surface area contributed by atoms with Crippen molar-refractivity contribution in [1.29, 1.82) is 0 Å². The van der Waals surface area contributed by atoms with E-state index < -0.39 is 6.61 Å². The summed E-state index contributed by atoms with van der Waals surface area (Å²) in [6, 6.07) is 0. The fourth-order valence-corrected chi connectivity index (χ4v) is 6.18. The molecule has 2 heterocycles. The zero-order valence-corrected chi connectivity index (χ0v) is 21.4. The highest BCUT2D eigenvalue weighted by molar-refractivity contribution is 5.21. The lowest BCUT2D eigenvalue weighted by Gasteiger charge is -2.31. The van der Waals surface area contributed by atoms with E-state index in [-0.39, 0.29) is 42.5 Å². The van der Waals surface area contributed by atoms with Crippen molar-refractivity contribution in [3.63, 3.8) is 0 Å². The molecule has 2 saturated carbocycles.